The van der Waals surface area contributed by atoms with Crippen molar-refractivity contribution in [3.63, 3.8) is 0 Å². The molecule has 1 aliphatic carbocycles. The van der Waals surface area contributed by atoms with Gasteiger partial charge in [0.25, 0.3) is 5.91 Å². The molecular weight excluding hydrogens is 268 g/mol. The lowest BCUT2D eigenvalue weighted by Crippen LogP contribution is -2.19. The predicted octanol–water partition coefficient (Wildman–Crippen LogP) is 3.14. The van der Waals surface area contributed by atoms with Crippen molar-refractivity contribution in [3.05, 3.63) is 23.8 Å². The summed E-state index contributed by atoms with van der Waals surface area (Å²) in [6.07, 6.45) is 6.76. The van der Waals surface area contributed by atoms with Crippen LogP contribution >= 0.6 is 0 Å². The number of hydrogen-bond donors (Lipinski definition) is 1. The number of rotatable bonds is 4. The Bertz CT molecular complexity index is 494. The first-order valence-electron chi connectivity index (χ1n) is 7.32. The monoisotopic (exact) mass is 290 g/mol. The molecule has 1 amide bonds. The zero-order valence-electron chi connectivity index (χ0n) is 12.6. The Balaban J connectivity index is 2.07. The van der Waals surface area contributed by atoms with E-state index in [1.165, 1.54) is 12.8 Å². The van der Waals surface area contributed by atoms with Crippen molar-refractivity contribution in [2.45, 2.75) is 38.5 Å². The number of nitrogens with one attached hydrogen (secondary N) is 1. The summed E-state index contributed by atoms with van der Waals surface area (Å²) in [7, 11) is 3.12. The number of amides is 1. The first-order valence-corrected chi connectivity index (χ1v) is 7.32. The summed E-state index contributed by atoms with van der Waals surface area (Å²) >= 11 is 0. The molecule has 1 aromatic rings. The van der Waals surface area contributed by atoms with Crippen molar-refractivity contribution in [1.82, 2.24) is 5.43 Å². The second kappa shape index (κ2) is 7.67. The molecule has 0 heterocycles. The van der Waals surface area contributed by atoms with E-state index >= 15 is 0 Å². The quantitative estimate of drug-likeness (QED) is 0.684. The first kappa shape index (κ1) is 15.4. The van der Waals surface area contributed by atoms with Crippen LogP contribution in [0.5, 0.6) is 11.5 Å². The van der Waals surface area contributed by atoms with Gasteiger partial charge in [-0.3, -0.25) is 4.79 Å². The lowest BCUT2D eigenvalue weighted by atomic mass is 10.2. The molecule has 5 nitrogen and oxygen atoms in total. The van der Waals surface area contributed by atoms with E-state index in [9.17, 15) is 4.79 Å². The molecule has 0 spiro atoms. The molecule has 21 heavy (non-hydrogen) atoms. The second-order valence-electron chi connectivity index (χ2n) is 5.13. The van der Waals surface area contributed by atoms with Crippen LogP contribution in [0.4, 0.5) is 0 Å². The van der Waals surface area contributed by atoms with Crippen LogP contribution in [0.3, 0.4) is 0 Å². The number of benzene rings is 1. The fraction of sp³-hybridized carbons (Fsp3) is 0.500. The van der Waals surface area contributed by atoms with Crippen molar-refractivity contribution in [1.29, 1.82) is 0 Å². The van der Waals surface area contributed by atoms with Crippen LogP contribution in [0.15, 0.2) is 23.3 Å². The Morgan fingerprint density at radius 2 is 1.57 bits per heavy atom. The normalized spacial score (nSPS) is 15.0. The topological polar surface area (TPSA) is 59.9 Å². The summed E-state index contributed by atoms with van der Waals surface area (Å²) in [6.45, 7) is 0. The van der Waals surface area contributed by atoms with E-state index in [1.807, 2.05) is 0 Å². The van der Waals surface area contributed by atoms with E-state index in [-0.39, 0.29) is 5.91 Å². The van der Waals surface area contributed by atoms with Gasteiger partial charge >= 0.3 is 0 Å². The molecule has 1 aromatic carbocycles. The molecule has 0 aliphatic heterocycles. The van der Waals surface area contributed by atoms with E-state index in [0.29, 0.717) is 17.1 Å². The molecule has 0 unspecified atom stereocenters. The lowest BCUT2D eigenvalue weighted by molar-refractivity contribution is 0.0954. The van der Waals surface area contributed by atoms with Crippen LogP contribution in [0, 0.1) is 0 Å². The summed E-state index contributed by atoms with van der Waals surface area (Å²) in [5.41, 5.74) is 4.19. The van der Waals surface area contributed by atoms with Gasteiger partial charge in [-0.05, 0) is 37.8 Å². The molecule has 1 N–H and O–H groups in total. The van der Waals surface area contributed by atoms with Crippen molar-refractivity contribution in [2.24, 2.45) is 5.10 Å². The van der Waals surface area contributed by atoms with Crippen LogP contribution in [0.2, 0.25) is 0 Å². The van der Waals surface area contributed by atoms with Gasteiger partial charge in [0.15, 0.2) is 0 Å². The van der Waals surface area contributed by atoms with Crippen molar-refractivity contribution < 1.29 is 14.3 Å². The zero-order chi connectivity index (χ0) is 15.1. The van der Waals surface area contributed by atoms with Gasteiger partial charge in [0.05, 0.1) is 14.2 Å². The molecule has 0 atom stereocenters. The number of hydrogen-bond acceptors (Lipinski definition) is 4. The molecule has 0 bridgehead atoms. The highest BCUT2D eigenvalue weighted by atomic mass is 16.5. The van der Waals surface area contributed by atoms with E-state index < -0.39 is 0 Å². The number of hydrazone groups is 1. The van der Waals surface area contributed by atoms with Gasteiger partial charge in [0, 0.05) is 17.3 Å². The summed E-state index contributed by atoms with van der Waals surface area (Å²) < 4.78 is 10.3. The van der Waals surface area contributed by atoms with Gasteiger partial charge in [0.2, 0.25) is 0 Å². The molecule has 114 valence electrons. The van der Waals surface area contributed by atoms with Gasteiger partial charge in [-0.15, -0.1) is 0 Å². The van der Waals surface area contributed by atoms with E-state index in [2.05, 4.69) is 10.5 Å². The van der Waals surface area contributed by atoms with Gasteiger partial charge in [0.1, 0.15) is 11.5 Å². The van der Waals surface area contributed by atoms with Gasteiger partial charge in [-0.2, -0.15) is 5.10 Å². The van der Waals surface area contributed by atoms with Gasteiger partial charge in [-0.1, -0.05) is 12.8 Å². The predicted molar refractivity (Wildman–Crippen MR) is 82.1 cm³/mol. The molecule has 0 radical (unpaired) electrons. The van der Waals surface area contributed by atoms with Crippen LogP contribution in [-0.4, -0.2) is 25.8 Å². The zero-order valence-corrected chi connectivity index (χ0v) is 12.6. The summed E-state index contributed by atoms with van der Waals surface area (Å²) in [5.74, 6) is 0.923. The Morgan fingerprint density at radius 3 is 2.10 bits per heavy atom. The maximum Gasteiger partial charge on any atom is 0.271 e. The van der Waals surface area contributed by atoms with Crippen molar-refractivity contribution in [2.75, 3.05) is 14.2 Å². The summed E-state index contributed by atoms with van der Waals surface area (Å²) in [6, 6.07) is 5.07. The third kappa shape index (κ3) is 4.48. The van der Waals surface area contributed by atoms with Crippen LogP contribution in [-0.2, 0) is 0 Å². The highest BCUT2D eigenvalue weighted by molar-refractivity contribution is 5.96. The molecule has 5 heteroatoms. The largest absolute Gasteiger partial charge is 0.497 e. The molecule has 2 rings (SSSR count). The molecular formula is C16H22N2O3. The number of ether oxygens (including phenoxy) is 2. The Labute approximate surface area is 125 Å². The number of carbonyl (C=O) groups excluding carboxylic acids is 1. The van der Waals surface area contributed by atoms with Gasteiger partial charge < -0.3 is 9.47 Å². The van der Waals surface area contributed by atoms with Crippen LogP contribution in [0.1, 0.15) is 48.9 Å². The Morgan fingerprint density at radius 1 is 1.00 bits per heavy atom. The Kier molecular flexibility index (Phi) is 5.60. The average molecular weight is 290 g/mol. The highest BCUT2D eigenvalue weighted by Crippen LogP contribution is 2.22. The van der Waals surface area contributed by atoms with E-state index in [1.54, 1.807) is 32.4 Å². The average Bonchev–Trinajstić information content (AvgIpc) is 2.80. The minimum absolute atomic E-state index is 0.246. The highest BCUT2D eigenvalue weighted by Gasteiger charge is 2.11. The van der Waals surface area contributed by atoms with Crippen molar-refractivity contribution in [3.8, 4) is 11.5 Å². The minimum atomic E-state index is -0.246. The molecule has 1 fully saturated rings. The molecule has 1 aliphatic rings. The number of carbonyl (C=O) groups is 1. The van der Waals surface area contributed by atoms with E-state index in [0.717, 1.165) is 31.4 Å². The first-order chi connectivity index (χ1) is 10.2. The van der Waals surface area contributed by atoms with Gasteiger partial charge in [-0.25, -0.2) is 5.43 Å². The van der Waals surface area contributed by atoms with Crippen LogP contribution in [0.25, 0.3) is 0 Å². The fourth-order valence-electron chi connectivity index (χ4n) is 2.38. The SMILES string of the molecule is COc1cc(OC)cc(C(=O)NN=C2CCCCCC2)c1. The second-order valence-corrected chi connectivity index (χ2v) is 5.13. The third-order valence-corrected chi connectivity index (χ3v) is 3.61. The summed E-state index contributed by atoms with van der Waals surface area (Å²) in [5, 5.41) is 4.27. The molecule has 0 saturated heterocycles. The lowest BCUT2D eigenvalue weighted by Gasteiger charge is -2.08. The molecule has 0 aromatic heterocycles. The number of methoxy groups -OCH3 is 2. The minimum Gasteiger partial charge on any atom is -0.497 e. The standard InChI is InChI=1S/C16H22N2O3/c1-20-14-9-12(10-15(11-14)21-2)16(19)18-17-13-7-5-3-4-6-8-13/h9-11H,3-8H2,1-2H3,(H,18,19). The number of nitrogens with zero attached hydrogens (tertiary/aromatic N) is 1. The van der Waals surface area contributed by atoms with Crippen LogP contribution < -0.4 is 14.9 Å². The van der Waals surface area contributed by atoms with E-state index in [4.69, 9.17) is 9.47 Å². The molecule has 1 saturated carbocycles. The maximum absolute atomic E-state index is 12.2. The maximum atomic E-state index is 12.2. The van der Waals surface area contributed by atoms with Crippen molar-refractivity contribution >= 4 is 11.6 Å². The smallest absolute Gasteiger partial charge is 0.271 e. The Hall–Kier alpha value is -2.04. The fourth-order valence-corrected chi connectivity index (χ4v) is 2.38. The summed E-state index contributed by atoms with van der Waals surface area (Å²) in [4.78, 5) is 12.2. The third-order valence-electron chi connectivity index (χ3n) is 3.61.